The molecular formula is C18H18FNS. The van der Waals surface area contributed by atoms with Crippen LogP contribution in [0.4, 0.5) is 4.39 Å². The van der Waals surface area contributed by atoms with E-state index in [0.29, 0.717) is 0 Å². The van der Waals surface area contributed by atoms with E-state index in [2.05, 4.69) is 42.0 Å². The number of rotatable bonds is 5. The first-order valence-corrected chi connectivity index (χ1v) is 8.21. The summed E-state index contributed by atoms with van der Waals surface area (Å²) in [6.07, 6.45) is 3.36. The van der Waals surface area contributed by atoms with Gasteiger partial charge in [-0.15, -0.1) is 11.8 Å². The van der Waals surface area contributed by atoms with E-state index >= 15 is 0 Å². The van der Waals surface area contributed by atoms with E-state index in [1.54, 1.807) is 0 Å². The number of aromatic nitrogens is 1. The van der Waals surface area contributed by atoms with Crippen molar-refractivity contribution in [2.45, 2.75) is 30.5 Å². The molecule has 0 aliphatic rings. The van der Waals surface area contributed by atoms with Crippen molar-refractivity contribution < 1.29 is 4.39 Å². The maximum Gasteiger partial charge on any atom is 0.123 e. The fraction of sp³-hybridized carbons (Fsp3) is 0.222. The molecule has 0 aliphatic carbocycles. The van der Waals surface area contributed by atoms with Gasteiger partial charge >= 0.3 is 0 Å². The molecule has 0 saturated carbocycles. The summed E-state index contributed by atoms with van der Waals surface area (Å²) < 4.78 is 15.3. The van der Waals surface area contributed by atoms with Crippen LogP contribution in [-0.4, -0.2) is 4.57 Å². The van der Waals surface area contributed by atoms with Crippen molar-refractivity contribution in [1.82, 2.24) is 4.57 Å². The summed E-state index contributed by atoms with van der Waals surface area (Å²) in [5.74, 6) is 0.684. The molecule has 0 bridgehead atoms. The van der Waals surface area contributed by atoms with E-state index in [-0.39, 0.29) is 5.82 Å². The van der Waals surface area contributed by atoms with Crippen LogP contribution in [0.1, 0.15) is 18.9 Å². The van der Waals surface area contributed by atoms with Gasteiger partial charge in [0.15, 0.2) is 0 Å². The maximum absolute atomic E-state index is 12.9. The number of fused-ring (bicyclic) bond motifs is 1. The minimum atomic E-state index is -0.178. The van der Waals surface area contributed by atoms with E-state index in [0.717, 1.165) is 24.3 Å². The highest BCUT2D eigenvalue weighted by atomic mass is 32.2. The number of aryl methyl sites for hydroxylation is 1. The summed E-state index contributed by atoms with van der Waals surface area (Å²) in [6.45, 7) is 3.23. The van der Waals surface area contributed by atoms with Gasteiger partial charge in [-0.2, -0.15) is 0 Å². The first kappa shape index (κ1) is 14.2. The first-order valence-electron chi connectivity index (χ1n) is 7.23. The largest absolute Gasteiger partial charge is 0.346 e. The Morgan fingerprint density at radius 2 is 1.81 bits per heavy atom. The summed E-state index contributed by atoms with van der Waals surface area (Å²) in [5, 5.41) is 1.30. The van der Waals surface area contributed by atoms with Crippen molar-refractivity contribution in [3.8, 4) is 0 Å². The molecule has 0 saturated heterocycles. The molecule has 0 radical (unpaired) electrons. The van der Waals surface area contributed by atoms with Crippen molar-refractivity contribution >= 4 is 22.7 Å². The molecule has 0 fully saturated rings. The predicted molar refractivity (Wildman–Crippen MR) is 88.2 cm³/mol. The zero-order chi connectivity index (χ0) is 14.7. The van der Waals surface area contributed by atoms with Gasteiger partial charge in [-0.1, -0.05) is 37.3 Å². The highest BCUT2D eigenvalue weighted by Crippen LogP contribution is 2.32. The Kier molecular flexibility index (Phi) is 4.30. The van der Waals surface area contributed by atoms with E-state index in [4.69, 9.17) is 0 Å². The quantitative estimate of drug-likeness (QED) is 0.564. The highest BCUT2D eigenvalue weighted by Gasteiger charge is 2.08. The van der Waals surface area contributed by atoms with Crippen LogP contribution in [0.25, 0.3) is 10.9 Å². The Morgan fingerprint density at radius 3 is 2.57 bits per heavy atom. The summed E-state index contributed by atoms with van der Waals surface area (Å²) >= 11 is 1.81. The van der Waals surface area contributed by atoms with Crippen LogP contribution in [0.5, 0.6) is 0 Å². The van der Waals surface area contributed by atoms with Crippen LogP contribution in [0.3, 0.4) is 0 Å². The molecule has 3 heteroatoms. The lowest BCUT2D eigenvalue weighted by atomic mass is 10.2. The number of hydrogen-bond donors (Lipinski definition) is 0. The minimum absolute atomic E-state index is 0.178. The lowest BCUT2D eigenvalue weighted by Crippen LogP contribution is -1.93. The van der Waals surface area contributed by atoms with Gasteiger partial charge < -0.3 is 4.57 Å². The first-order chi connectivity index (χ1) is 10.3. The third kappa shape index (κ3) is 3.13. The second-order valence-electron chi connectivity index (χ2n) is 5.12. The molecule has 0 N–H and O–H groups in total. The Bertz CT molecular complexity index is 731. The second-order valence-corrected chi connectivity index (χ2v) is 6.14. The van der Waals surface area contributed by atoms with Crippen molar-refractivity contribution in [2.24, 2.45) is 0 Å². The fourth-order valence-electron chi connectivity index (χ4n) is 2.50. The van der Waals surface area contributed by atoms with E-state index in [9.17, 15) is 4.39 Å². The van der Waals surface area contributed by atoms with Gasteiger partial charge in [-0.25, -0.2) is 4.39 Å². The van der Waals surface area contributed by atoms with Crippen LogP contribution >= 0.6 is 11.8 Å². The SMILES string of the molecule is CCCn1cc(SCc2ccc(F)cc2)c2ccccc21. The second kappa shape index (κ2) is 6.35. The topological polar surface area (TPSA) is 4.93 Å². The molecule has 1 nitrogen and oxygen atoms in total. The molecule has 0 amide bonds. The standard InChI is InChI=1S/C18H18FNS/c1-2-11-20-12-18(16-5-3-4-6-17(16)20)21-13-14-7-9-15(19)10-8-14/h3-10,12H,2,11,13H2,1H3. The number of hydrogen-bond acceptors (Lipinski definition) is 1. The van der Waals surface area contributed by atoms with Crippen molar-refractivity contribution in [3.63, 3.8) is 0 Å². The van der Waals surface area contributed by atoms with E-state index in [1.165, 1.54) is 27.9 Å². The lowest BCUT2D eigenvalue weighted by Gasteiger charge is -2.01. The Morgan fingerprint density at radius 1 is 1.05 bits per heavy atom. The number of benzene rings is 2. The average molecular weight is 299 g/mol. The highest BCUT2D eigenvalue weighted by molar-refractivity contribution is 7.98. The lowest BCUT2D eigenvalue weighted by molar-refractivity contribution is 0.627. The zero-order valence-electron chi connectivity index (χ0n) is 12.1. The molecule has 21 heavy (non-hydrogen) atoms. The van der Waals surface area contributed by atoms with E-state index in [1.807, 2.05) is 23.9 Å². The van der Waals surface area contributed by atoms with E-state index < -0.39 is 0 Å². The fourth-order valence-corrected chi connectivity index (χ4v) is 3.54. The van der Waals surface area contributed by atoms with Gasteiger partial charge in [0.2, 0.25) is 0 Å². The van der Waals surface area contributed by atoms with Crippen molar-refractivity contribution in [1.29, 1.82) is 0 Å². The van der Waals surface area contributed by atoms with Crippen LogP contribution in [0, 0.1) is 5.82 Å². The molecule has 2 aromatic carbocycles. The van der Waals surface area contributed by atoms with Gasteiger partial charge in [0.25, 0.3) is 0 Å². The molecule has 3 aromatic rings. The zero-order valence-corrected chi connectivity index (χ0v) is 12.9. The monoisotopic (exact) mass is 299 g/mol. The number of nitrogens with zero attached hydrogens (tertiary/aromatic N) is 1. The van der Waals surface area contributed by atoms with Gasteiger partial charge in [-0.3, -0.25) is 0 Å². The number of thioether (sulfide) groups is 1. The molecular weight excluding hydrogens is 281 g/mol. The molecule has 1 aromatic heterocycles. The van der Waals surface area contributed by atoms with Gasteiger partial charge in [0, 0.05) is 34.3 Å². The summed E-state index contributed by atoms with van der Waals surface area (Å²) in [5.41, 5.74) is 2.44. The summed E-state index contributed by atoms with van der Waals surface area (Å²) in [6, 6.07) is 15.3. The average Bonchev–Trinajstić information content (AvgIpc) is 2.86. The number of para-hydroxylation sites is 1. The van der Waals surface area contributed by atoms with Crippen LogP contribution < -0.4 is 0 Å². The molecule has 0 atom stereocenters. The Labute approximate surface area is 128 Å². The van der Waals surface area contributed by atoms with Crippen molar-refractivity contribution in [2.75, 3.05) is 0 Å². The molecule has 108 valence electrons. The third-order valence-corrected chi connectivity index (χ3v) is 4.64. The van der Waals surface area contributed by atoms with Gasteiger partial charge in [0.1, 0.15) is 5.82 Å². The van der Waals surface area contributed by atoms with Crippen LogP contribution in [0.15, 0.2) is 59.6 Å². The Balaban J connectivity index is 1.84. The van der Waals surface area contributed by atoms with Crippen LogP contribution in [0.2, 0.25) is 0 Å². The van der Waals surface area contributed by atoms with Gasteiger partial charge in [-0.05, 0) is 30.2 Å². The predicted octanol–water partition coefficient (Wildman–Crippen LogP) is 5.48. The molecule has 0 unspecified atom stereocenters. The third-order valence-electron chi connectivity index (χ3n) is 3.52. The maximum atomic E-state index is 12.9. The molecule has 0 aliphatic heterocycles. The normalized spacial score (nSPS) is 11.1. The number of halogens is 1. The molecule has 1 heterocycles. The smallest absolute Gasteiger partial charge is 0.123 e. The molecule has 3 rings (SSSR count). The van der Waals surface area contributed by atoms with Crippen molar-refractivity contribution in [3.05, 3.63) is 66.1 Å². The van der Waals surface area contributed by atoms with Crippen LogP contribution in [-0.2, 0) is 12.3 Å². The Hall–Kier alpha value is -1.74. The molecule has 0 spiro atoms. The van der Waals surface area contributed by atoms with Gasteiger partial charge in [0.05, 0.1) is 0 Å². The summed E-state index contributed by atoms with van der Waals surface area (Å²) in [7, 11) is 0. The summed E-state index contributed by atoms with van der Waals surface area (Å²) in [4.78, 5) is 1.29. The minimum Gasteiger partial charge on any atom is -0.346 e.